The molecule has 2 aliphatic rings. The fourth-order valence-corrected chi connectivity index (χ4v) is 3.72. The Kier molecular flexibility index (Phi) is 2.55. The molecule has 2 aliphatic carbocycles. The molecular weight excluding hydrogens is 208 g/mol. The number of aliphatic hydroxyl groups is 1. The first-order valence-electron chi connectivity index (χ1n) is 6.90. The van der Waals surface area contributed by atoms with E-state index < -0.39 is 0 Å². The highest BCUT2D eigenvalue weighted by atomic mass is 16.3. The van der Waals surface area contributed by atoms with Crippen LogP contribution in [0.25, 0.3) is 0 Å². The van der Waals surface area contributed by atoms with Crippen molar-refractivity contribution >= 4 is 0 Å². The second-order valence-electron chi connectivity index (χ2n) is 6.08. The lowest BCUT2D eigenvalue weighted by atomic mass is 9.99. The lowest BCUT2D eigenvalue weighted by Crippen LogP contribution is -2.16. The van der Waals surface area contributed by atoms with Crippen LogP contribution in [0.3, 0.4) is 0 Å². The maximum Gasteiger partial charge on any atom is 0.0751 e. The van der Waals surface area contributed by atoms with Gasteiger partial charge in [-0.15, -0.1) is 0 Å². The zero-order valence-electron chi connectivity index (χ0n) is 10.9. The third-order valence-electron chi connectivity index (χ3n) is 5.00. The van der Waals surface area contributed by atoms with Gasteiger partial charge in [-0.2, -0.15) is 0 Å². The van der Waals surface area contributed by atoms with Crippen LogP contribution < -0.4 is 0 Å². The zero-order valence-corrected chi connectivity index (χ0v) is 10.9. The molecule has 0 saturated heterocycles. The van der Waals surface area contributed by atoms with Gasteiger partial charge in [0.2, 0.25) is 0 Å². The van der Waals surface area contributed by atoms with E-state index in [-0.39, 0.29) is 5.60 Å². The molecule has 0 aliphatic heterocycles. The van der Waals surface area contributed by atoms with Gasteiger partial charge in [-0.1, -0.05) is 31.0 Å². The Morgan fingerprint density at radius 1 is 1.12 bits per heavy atom. The van der Waals surface area contributed by atoms with Crippen LogP contribution in [0.2, 0.25) is 0 Å². The highest BCUT2D eigenvalue weighted by Gasteiger charge is 2.63. The molecule has 0 spiro atoms. The molecule has 2 fully saturated rings. The fraction of sp³-hybridized carbons (Fsp3) is 0.625. The average molecular weight is 230 g/mol. The van der Waals surface area contributed by atoms with E-state index in [2.05, 4.69) is 32.0 Å². The van der Waals surface area contributed by atoms with Crippen LogP contribution >= 0.6 is 0 Å². The van der Waals surface area contributed by atoms with E-state index in [9.17, 15) is 5.11 Å². The summed E-state index contributed by atoms with van der Waals surface area (Å²) < 4.78 is 0. The average Bonchev–Trinajstić information content (AvgIpc) is 2.91. The van der Waals surface area contributed by atoms with Gasteiger partial charge >= 0.3 is 0 Å². The van der Waals surface area contributed by atoms with Crippen molar-refractivity contribution in [2.75, 3.05) is 0 Å². The summed E-state index contributed by atoms with van der Waals surface area (Å²) in [6, 6.07) is 6.61. The molecule has 92 valence electrons. The highest BCUT2D eigenvalue weighted by Crippen LogP contribution is 2.59. The Morgan fingerprint density at radius 3 is 2.35 bits per heavy atom. The first-order chi connectivity index (χ1) is 8.11. The largest absolute Gasteiger partial charge is 0.389 e. The lowest BCUT2D eigenvalue weighted by Gasteiger charge is -2.12. The molecule has 0 aromatic heterocycles. The normalized spacial score (nSPS) is 35.5. The molecule has 2 atom stereocenters. The van der Waals surface area contributed by atoms with Crippen molar-refractivity contribution in [2.45, 2.75) is 51.6 Å². The Balaban J connectivity index is 1.77. The quantitative estimate of drug-likeness (QED) is 0.825. The van der Waals surface area contributed by atoms with Crippen LogP contribution in [0, 0.1) is 25.7 Å². The molecule has 2 saturated carbocycles. The molecule has 17 heavy (non-hydrogen) atoms. The molecule has 1 nitrogen and oxygen atoms in total. The van der Waals surface area contributed by atoms with Gasteiger partial charge in [0.15, 0.2) is 0 Å². The van der Waals surface area contributed by atoms with E-state index in [1.54, 1.807) is 0 Å². The number of fused-ring (bicyclic) bond motifs is 1. The van der Waals surface area contributed by atoms with E-state index in [4.69, 9.17) is 0 Å². The fourth-order valence-electron chi connectivity index (χ4n) is 3.72. The molecule has 2 unspecified atom stereocenters. The van der Waals surface area contributed by atoms with E-state index in [0.29, 0.717) is 11.8 Å². The second-order valence-corrected chi connectivity index (χ2v) is 6.08. The van der Waals surface area contributed by atoms with Crippen molar-refractivity contribution in [3.05, 3.63) is 34.9 Å². The summed E-state index contributed by atoms with van der Waals surface area (Å²) in [6.45, 7) is 4.30. The van der Waals surface area contributed by atoms with Crippen LogP contribution in [0.5, 0.6) is 0 Å². The number of rotatable bonds is 2. The van der Waals surface area contributed by atoms with Gasteiger partial charge in [0, 0.05) is 6.42 Å². The van der Waals surface area contributed by atoms with Crippen molar-refractivity contribution < 1.29 is 5.11 Å². The minimum absolute atomic E-state index is 0.363. The standard InChI is InChI=1S/C16H22O/c1-11-7-8-13(9-12(11)2)10-16(17)14-5-3-4-6-15(14)16/h7-9,14-15,17H,3-6,10H2,1-2H3. The third-order valence-corrected chi connectivity index (χ3v) is 5.00. The summed E-state index contributed by atoms with van der Waals surface area (Å²) in [5, 5.41) is 10.7. The van der Waals surface area contributed by atoms with Gasteiger partial charge in [-0.3, -0.25) is 0 Å². The zero-order chi connectivity index (χ0) is 12.0. The number of hydrogen-bond acceptors (Lipinski definition) is 1. The highest BCUT2D eigenvalue weighted by molar-refractivity contribution is 5.32. The van der Waals surface area contributed by atoms with Crippen LogP contribution in [0.4, 0.5) is 0 Å². The summed E-state index contributed by atoms with van der Waals surface area (Å²) in [5.41, 5.74) is 3.63. The van der Waals surface area contributed by atoms with Crippen molar-refractivity contribution in [3.63, 3.8) is 0 Å². The number of aryl methyl sites for hydroxylation is 2. The first kappa shape index (κ1) is 11.3. The van der Waals surface area contributed by atoms with Crippen LogP contribution in [-0.2, 0) is 6.42 Å². The molecule has 0 amide bonds. The molecule has 0 radical (unpaired) electrons. The second kappa shape index (κ2) is 3.84. The van der Waals surface area contributed by atoms with E-state index in [0.717, 1.165) is 6.42 Å². The lowest BCUT2D eigenvalue weighted by molar-refractivity contribution is 0.119. The Labute approximate surface area is 104 Å². The first-order valence-corrected chi connectivity index (χ1v) is 6.90. The van der Waals surface area contributed by atoms with Gasteiger partial charge < -0.3 is 5.11 Å². The van der Waals surface area contributed by atoms with Gasteiger partial charge in [-0.05, 0) is 55.2 Å². The van der Waals surface area contributed by atoms with E-state index >= 15 is 0 Å². The van der Waals surface area contributed by atoms with Crippen molar-refractivity contribution in [3.8, 4) is 0 Å². The topological polar surface area (TPSA) is 20.2 Å². The predicted octanol–water partition coefficient (Wildman–Crippen LogP) is 3.40. The van der Waals surface area contributed by atoms with Gasteiger partial charge in [0.05, 0.1) is 5.60 Å². The summed E-state index contributed by atoms with van der Waals surface area (Å²) in [7, 11) is 0. The van der Waals surface area contributed by atoms with Gasteiger partial charge in [0.25, 0.3) is 0 Å². The Morgan fingerprint density at radius 2 is 1.76 bits per heavy atom. The SMILES string of the molecule is Cc1ccc(CC2(O)C3CCCCC32)cc1C. The van der Waals surface area contributed by atoms with Gasteiger partial charge in [-0.25, -0.2) is 0 Å². The number of benzene rings is 1. The van der Waals surface area contributed by atoms with Crippen molar-refractivity contribution in [1.29, 1.82) is 0 Å². The molecule has 1 heteroatoms. The molecule has 1 aromatic rings. The summed E-state index contributed by atoms with van der Waals surface area (Å²) in [6.07, 6.45) is 5.98. The Hall–Kier alpha value is -0.820. The third kappa shape index (κ3) is 1.81. The van der Waals surface area contributed by atoms with Crippen LogP contribution in [0.1, 0.15) is 42.4 Å². The van der Waals surface area contributed by atoms with E-state index in [1.807, 2.05) is 0 Å². The summed E-state index contributed by atoms with van der Waals surface area (Å²) >= 11 is 0. The Bertz CT molecular complexity index is 423. The molecule has 0 heterocycles. The molecule has 1 N–H and O–H groups in total. The molecule has 0 bridgehead atoms. The molecule has 1 aromatic carbocycles. The molecule has 3 rings (SSSR count). The van der Waals surface area contributed by atoms with Crippen molar-refractivity contribution in [1.82, 2.24) is 0 Å². The molecular formula is C16H22O. The van der Waals surface area contributed by atoms with Crippen LogP contribution in [0.15, 0.2) is 18.2 Å². The maximum absolute atomic E-state index is 10.7. The monoisotopic (exact) mass is 230 g/mol. The maximum atomic E-state index is 10.7. The van der Waals surface area contributed by atoms with E-state index in [1.165, 1.54) is 42.4 Å². The van der Waals surface area contributed by atoms with Crippen LogP contribution in [-0.4, -0.2) is 10.7 Å². The van der Waals surface area contributed by atoms with Crippen molar-refractivity contribution in [2.24, 2.45) is 11.8 Å². The minimum atomic E-state index is -0.363. The smallest absolute Gasteiger partial charge is 0.0751 e. The van der Waals surface area contributed by atoms with Gasteiger partial charge in [0.1, 0.15) is 0 Å². The summed E-state index contributed by atoms with van der Waals surface area (Å²) in [4.78, 5) is 0. The number of hydrogen-bond donors (Lipinski definition) is 1. The predicted molar refractivity (Wildman–Crippen MR) is 70.0 cm³/mol. The minimum Gasteiger partial charge on any atom is -0.389 e. The summed E-state index contributed by atoms with van der Waals surface area (Å²) in [5.74, 6) is 1.19.